The molecule has 2 aromatic carbocycles. The van der Waals surface area contributed by atoms with Crippen LogP contribution in [0.2, 0.25) is 0 Å². The fourth-order valence-electron chi connectivity index (χ4n) is 4.67. The zero-order valence-electron chi connectivity index (χ0n) is 22.1. The van der Waals surface area contributed by atoms with Crippen molar-refractivity contribution in [2.75, 3.05) is 19.7 Å². The molecule has 0 aromatic heterocycles. The van der Waals surface area contributed by atoms with Gasteiger partial charge in [-0.25, -0.2) is 25.6 Å². The number of amides is 1. The number of benzene rings is 2. The van der Waals surface area contributed by atoms with Gasteiger partial charge in [0.05, 0.1) is 16.4 Å². The van der Waals surface area contributed by atoms with E-state index in [1.807, 2.05) is 0 Å². The van der Waals surface area contributed by atoms with E-state index in [0.717, 1.165) is 47.8 Å². The highest BCUT2D eigenvalue weighted by Crippen LogP contribution is 2.27. The van der Waals surface area contributed by atoms with Crippen molar-refractivity contribution in [3.8, 4) is 0 Å². The van der Waals surface area contributed by atoms with Crippen LogP contribution in [0.3, 0.4) is 0 Å². The Morgan fingerprint density at radius 2 is 1.23 bits per heavy atom. The molecule has 2 fully saturated rings. The van der Waals surface area contributed by atoms with E-state index >= 15 is 0 Å². The fourth-order valence-corrected chi connectivity index (χ4v) is 7.99. The van der Waals surface area contributed by atoms with E-state index in [1.165, 1.54) is 28.6 Å². The first-order valence-electron chi connectivity index (χ1n) is 12.9. The summed E-state index contributed by atoms with van der Waals surface area (Å²) in [5.74, 6) is -1.66. The van der Waals surface area contributed by atoms with Crippen LogP contribution in [0.25, 0.3) is 0 Å². The Morgan fingerprint density at radius 3 is 1.62 bits per heavy atom. The maximum Gasteiger partial charge on any atom is 0.243 e. The highest BCUT2D eigenvalue weighted by molar-refractivity contribution is 7.89. The average molecular weight is 601 g/mol. The van der Waals surface area contributed by atoms with E-state index < -0.39 is 49.7 Å². The number of ether oxygens (including phenoxy) is 1. The van der Waals surface area contributed by atoms with Gasteiger partial charge in [-0.3, -0.25) is 10.2 Å². The molecule has 2 aliphatic heterocycles. The lowest BCUT2D eigenvalue weighted by molar-refractivity contribution is -0.122. The number of rotatable bonds is 7. The lowest BCUT2D eigenvalue weighted by Crippen LogP contribution is -2.50. The van der Waals surface area contributed by atoms with Crippen LogP contribution in [-0.2, 0) is 29.6 Å². The summed E-state index contributed by atoms with van der Waals surface area (Å²) in [5.41, 5.74) is 5.25. The molecular formula is C26H34F2N4O6S2. The molecule has 4 rings (SSSR count). The molecule has 0 spiro atoms. The number of hydrogen-bond donors (Lipinski definition) is 2. The number of nitrogens with zero attached hydrogens (tertiary/aromatic N) is 2. The Labute approximate surface area is 233 Å². The van der Waals surface area contributed by atoms with E-state index in [0.29, 0.717) is 32.4 Å². The van der Waals surface area contributed by atoms with Gasteiger partial charge < -0.3 is 10.5 Å². The summed E-state index contributed by atoms with van der Waals surface area (Å²) in [6.07, 6.45) is 4.05. The van der Waals surface area contributed by atoms with E-state index in [2.05, 4.69) is 0 Å². The van der Waals surface area contributed by atoms with Crippen LogP contribution in [-0.4, -0.2) is 69.0 Å². The highest BCUT2D eigenvalue weighted by Gasteiger charge is 2.37. The zero-order chi connectivity index (χ0) is 29.5. The smallest absolute Gasteiger partial charge is 0.243 e. The van der Waals surface area contributed by atoms with Crippen LogP contribution in [0.5, 0.6) is 0 Å². The van der Waals surface area contributed by atoms with Gasteiger partial charge in [0.25, 0.3) is 0 Å². The van der Waals surface area contributed by atoms with E-state index in [9.17, 15) is 30.4 Å². The van der Waals surface area contributed by atoms with Crippen LogP contribution >= 0.6 is 0 Å². The number of hydrogen-bond acceptors (Lipinski definition) is 7. The number of carbonyl (C=O) groups is 1. The van der Waals surface area contributed by atoms with Crippen molar-refractivity contribution < 1.29 is 35.1 Å². The van der Waals surface area contributed by atoms with Crippen LogP contribution in [0.1, 0.15) is 45.4 Å². The third-order valence-corrected chi connectivity index (χ3v) is 10.5. The molecule has 2 atom stereocenters. The van der Waals surface area contributed by atoms with Crippen LogP contribution in [0, 0.1) is 17.0 Å². The summed E-state index contributed by atoms with van der Waals surface area (Å²) in [6, 6.07) is 7.90. The van der Waals surface area contributed by atoms with Crippen molar-refractivity contribution in [1.29, 1.82) is 5.41 Å². The molecule has 3 N–H and O–H groups in total. The molecule has 2 aliphatic rings. The number of carbonyl (C=O) groups excluding carboxylic acids is 1. The molecule has 14 heteroatoms. The van der Waals surface area contributed by atoms with Crippen molar-refractivity contribution >= 4 is 31.9 Å². The van der Waals surface area contributed by atoms with Crippen molar-refractivity contribution in [1.82, 2.24) is 8.61 Å². The first-order chi connectivity index (χ1) is 18.9. The Morgan fingerprint density at radius 1 is 0.825 bits per heavy atom. The second kappa shape index (κ2) is 13.6. The molecule has 40 heavy (non-hydrogen) atoms. The van der Waals surface area contributed by atoms with Crippen LogP contribution in [0.15, 0.2) is 58.3 Å². The summed E-state index contributed by atoms with van der Waals surface area (Å²) in [5, 5.41) is 7.90. The molecule has 2 aromatic rings. The van der Waals surface area contributed by atoms with Crippen molar-refractivity contribution in [2.45, 2.75) is 67.3 Å². The number of nitrogens with two attached hydrogens (primary N) is 1. The summed E-state index contributed by atoms with van der Waals surface area (Å²) < 4.78 is 83.5. The molecular weight excluding hydrogens is 566 g/mol. The summed E-state index contributed by atoms with van der Waals surface area (Å²) in [4.78, 5) is 11.4. The van der Waals surface area contributed by atoms with E-state index in [1.54, 1.807) is 6.92 Å². The minimum absolute atomic E-state index is 0.0251. The quantitative estimate of drug-likeness (QED) is 0.368. The summed E-state index contributed by atoms with van der Waals surface area (Å²) in [6.45, 7) is 2.70. The molecule has 0 aliphatic carbocycles. The van der Waals surface area contributed by atoms with Gasteiger partial charge in [-0.15, -0.1) is 0 Å². The third-order valence-electron chi connectivity index (χ3n) is 6.68. The normalized spacial score (nSPS) is 20.7. The Balaban J connectivity index is 0.000000222. The SMILES string of the molecule is CCOC(=N)[C@@H]1CCCCN1S(=O)(=O)c1ccc(F)cc1.NC(=O)[C@@H]1CCCCN1S(=O)(=O)c1ccc(F)cc1. The molecule has 1 amide bonds. The molecule has 2 heterocycles. The number of primary amides is 1. The monoisotopic (exact) mass is 600 g/mol. The number of halogens is 2. The van der Waals surface area contributed by atoms with Gasteiger partial charge in [0, 0.05) is 13.1 Å². The van der Waals surface area contributed by atoms with Gasteiger partial charge in [-0.2, -0.15) is 8.61 Å². The van der Waals surface area contributed by atoms with Gasteiger partial charge in [0.15, 0.2) is 5.90 Å². The summed E-state index contributed by atoms with van der Waals surface area (Å²) in [7, 11) is -7.55. The molecule has 0 radical (unpaired) electrons. The van der Waals surface area contributed by atoms with Gasteiger partial charge in [-0.05, 0) is 81.1 Å². The van der Waals surface area contributed by atoms with Gasteiger partial charge in [0.1, 0.15) is 23.7 Å². The predicted molar refractivity (Wildman–Crippen MR) is 144 cm³/mol. The first-order valence-corrected chi connectivity index (χ1v) is 15.8. The van der Waals surface area contributed by atoms with Gasteiger partial charge in [-0.1, -0.05) is 12.8 Å². The van der Waals surface area contributed by atoms with Crippen molar-refractivity contribution in [3.05, 3.63) is 60.2 Å². The third kappa shape index (κ3) is 7.42. The number of sulfonamides is 2. The Bertz CT molecular complexity index is 1390. The second-order valence-electron chi connectivity index (χ2n) is 9.36. The summed E-state index contributed by atoms with van der Waals surface area (Å²) >= 11 is 0. The van der Waals surface area contributed by atoms with Gasteiger partial charge >= 0.3 is 0 Å². The second-order valence-corrected chi connectivity index (χ2v) is 13.1. The van der Waals surface area contributed by atoms with E-state index in [4.69, 9.17) is 15.9 Å². The number of piperidine rings is 2. The minimum Gasteiger partial charge on any atom is -0.480 e. The maximum absolute atomic E-state index is 13.0. The van der Waals surface area contributed by atoms with Crippen LogP contribution < -0.4 is 5.73 Å². The first kappa shape index (κ1) is 31.6. The highest BCUT2D eigenvalue weighted by atomic mass is 32.2. The van der Waals surface area contributed by atoms with Crippen molar-refractivity contribution in [3.63, 3.8) is 0 Å². The zero-order valence-corrected chi connectivity index (χ0v) is 23.8. The molecule has 2 saturated heterocycles. The molecule has 220 valence electrons. The molecule has 10 nitrogen and oxygen atoms in total. The maximum atomic E-state index is 13.0. The standard InChI is InChI=1S/C14H19FN2O3S.C12H15FN2O3S/c1-2-20-14(16)13-5-3-4-10-17(13)21(18,19)12-8-6-11(15)7-9-12;13-9-4-6-10(7-5-9)19(17,18)15-8-2-1-3-11(15)12(14)16/h6-9,13,16H,2-5,10H2,1H3;4-7,11H,1-3,8H2,(H2,14,16)/t13-;11-/m00/s1. The lowest BCUT2D eigenvalue weighted by atomic mass is 10.0. The van der Waals surface area contributed by atoms with E-state index in [-0.39, 0.29) is 22.2 Å². The topological polar surface area (TPSA) is 151 Å². The van der Waals surface area contributed by atoms with Gasteiger partial charge in [0.2, 0.25) is 26.0 Å². The van der Waals surface area contributed by atoms with Crippen molar-refractivity contribution in [2.24, 2.45) is 5.73 Å². The Kier molecular flexibility index (Phi) is 10.8. The Hall–Kier alpha value is -2.94. The molecule has 0 bridgehead atoms. The lowest BCUT2D eigenvalue weighted by Gasteiger charge is -2.34. The largest absolute Gasteiger partial charge is 0.480 e. The number of nitrogens with one attached hydrogen (secondary N) is 1. The predicted octanol–water partition coefficient (Wildman–Crippen LogP) is 3.24. The minimum atomic E-state index is -3.81. The van der Waals surface area contributed by atoms with Crippen LogP contribution in [0.4, 0.5) is 8.78 Å². The fraction of sp³-hybridized carbons (Fsp3) is 0.462. The average Bonchev–Trinajstić information content (AvgIpc) is 2.94. The molecule has 0 saturated carbocycles. The molecule has 0 unspecified atom stereocenters.